The lowest BCUT2D eigenvalue weighted by Crippen LogP contribution is -2.00. The molecule has 0 fully saturated rings. The highest BCUT2D eigenvalue weighted by Gasteiger charge is 2.06. The van der Waals surface area contributed by atoms with Crippen LogP contribution in [0.4, 0.5) is 5.69 Å². The molecule has 1 aromatic rings. The molecule has 2 heterocycles. The van der Waals surface area contributed by atoms with Crippen molar-refractivity contribution >= 4 is 5.69 Å². The van der Waals surface area contributed by atoms with Crippen LogP contribution in [0.5, 0.6) is 0 Å². The summed E-state index contributed by atoms with van der Waals surface area (Å²) in [6.07, 6.45) is 7.03. The van der Waals surface area contributed by atoms with Crippen LogP contribution in [0.2, 0.25) is 0 Å². The van der Waals surface area contributed by atoms with Crippen molar-refractivity contribution < 1.29 is 0 Å². The van der Waals surface area contributed by atoms with Crippen LogP contribution >= 0.6 is 0 Å². The van der Waals surface area contributed by atoms with Gasteiger partial charge in [-0.25, -0.2) is 9.97 Å². The van der Waals surface area contributed by atoms with Crippen molar-refractivity contribution in [1.29, 1.82) is 0 Å². The van der Waals surface area contributed by atoms with E-state index in [1.165, 1.54) is 12.8 Å². The van der Waals surface area contributed by atoms with Crippen LogP contribution in [0.3, 0.4) is 0 Å². The van der Waals surface area contributed by atoms with Gasteiger partial charge in [0.1, 0.15) is 6.33 Å². The van der Waals surface area contributed by atoms with Gasteiger partial charge >= 0.3 is 0 Å². The topological polar surface area (TPSA) is 37.8 Å². The summed E-state index contributed by atoms with van der Waals surface area (Å²) in [6.45, 7) is 1.06. The van der Waals surface area contributed by atoms with Crippen molar-refractivity contribution in [3.05, 3.63) is 18.2 Å². The number of hydrogen-bond acceptors (Lipinski definition) is 3. The first kappa shape index (κ1) is 6.58. The zero-order valence-corrected chi connectivity index (χ0v) is 6.38. The van der Waals surface area contributed by atoms with Crippen LogP contribution in [-0.2, 0) is 6.42 Å². The highest BCUT2D eigenvalue weighted by atomic mass is 14.9. The Morgan fingerprint density at radius 2 is 2.36 bits per heavy atom. The van der Waals surface area contributed by atoms with E-state index in [2.05, 4.69) is 15.3 Å². The fourth-order valence-corrected chi connectivity index (χ4v) is 1.34. The summed E-state index contributed by atoms with van der Waals surface area (Å²) < 4.78 is 0. The van der Waals surface area contributed by atoms with Crippen LogP contribution < -0.4 is 5.32 Å². The minimum atomic E-state index is 1.06. The van der Waals surface area contributed by atoms with Gasteiger partial charge in [0.15, 0.2) is 0 Å². The van der Waals surface area contributed by atoms with Crippen LogP contribution in [0.15, 0.2) is 12.5 Å². The Morgan fingerprint density at radius 1 is 1.36 bits per heavy atom. The molecule has 0 unspecified atom stereocenters. The second-order valence-electron chi connectivity index (χ2n) is 2.77. The normalized spacial score (nSPS) is 16.4. The lowest BCUT2D eigenvalue weighted by atomic mass is 10.2. The highest BCUT2D eigenvalue weighted by Crippen LogP contribution is 2.16. The van der Waals surface area contributed by atoms with Crippen molar-refractivity contribution in [1.82, 2.24) is 9.97 Å². The molecule has 2 rings (SSSR count). The summed E-state index contributed by atoms with van der Waals surface area (Å²) >= 11 is 0. The Balaban J connectivity index is 2.33. The standard InChI is InChI=1S/C8H11N3/c1-2-4-10-8-5-9-6-11-7(8)3-1/h5-6,10H,1-4H2. The molecule has 0 amide bonds. The number of nitrogens with zero attached hydrogens (tertiary/aromatic N) is 2. The molecule has 0 aromatic carbocycles. The van der Waals surface area contributed by atoms with E-state index in [0.29, 0.717) is 0 Å². The van der Waals surface area contributed by atoms with Gasteiger partial charge in [-0.1, -0.05) is 0 Å². The summed E-state index contributed by atoms with van der Waals surface area (Å²) in [5.74, 6) is 0. The van der Waals surface area contributed by atoms with E-state index >= 15 is 0 Å². The van der Waals surface area contributed by atoms with Crippen molar-refractivity contribution in [2.24, 2.45) is 0 Å². The van der Waals surface area contributed by atoms with Crippen molar-refractivity contribution in [3.63, 3.8) is 0 Å². The van der Waals surface area contributed by atoms with E-state index in [0.717, 1.165) is 24.3 Å². The molecule has 0 radical (unpaired) electrons. The molecule has 0 atom stereocenters. The van der Waals surface area contributed by atoms with E-state index < -0.39 is 0 Å². The number of rotatable bonds is 0. The fourth-order valence-electron chi connectivity index (χ4n) is 1.34. The van der Waals surface area contributed by atoms with Gasteiger partial charge in [0.05, 0.1) is 17.6 Å². The van der Waals surface area contributed by atoms with Gasteiger partial charge in [-0.2, -0.15) is 0 Å². The first-order valence-electron chi connectivity index (χ1n) is 3.99. The number of fused-ring (bicyclic) bond motifs is 1. The molecular formula is C8H11N3. The summed E-state index contributed by atoms with van der Waals surface area (Å²) in [4.78, 5) is 8.17. The van der Waals surface area contributed by atoms with Crippen LogP contribution in [0, 0.1) is 0 Å². The summed E-state index contributed by atoms with van der Waals surface area (Å²) in [5.41, 5.74) is 2.28. The Kier molecular flexibility index (Phi) is 1.71. The third kappa shape index (κ3) is 1.31. The smallest absolute Gasteiger partial charge is 0.115 e. The minimum Gasteiger partial charge on any atom is -0.382 e. The third-order valence-electron chi connectivity index (χ3n) is 1.95. The lowest BCUT2D eigenvalue weighted by Gasteiger charge is -2.02. The van der Waals surface area contributed by atoms with Gasteiger partial charge in [-0.3, -0.25) is 0 Å². The number of hydrogen-bond donors (Lipinski definition) is 1. The monoisotopic (exact) mass is 149 g/mol. The molecule has 1 aromatic heterocycles. The Morgan fingerprint density at radius 3 is 3.36 bits per heavy atom. The molecule has 0 saturated heterocycles. The highest BCUT2D eigenvalue weighted by molar-refractivity contribution is 5.45. The SMILES string of the molecule is c1ncc2c(n1)CCCCN2. The maximum atomic E-state index is 4.21. The molecule has 0 aliphatic carbocycles. The van der Waals surface area contributed by atoms with Gasteiger partial charge in [0, 0.05) is 6.54 Å². The van der Waals surface area contributed by atoms with Crippen molar-refractivity contribution in [2.75, 3.05) is 11.9 Å². The lowest BCUT2D eigenvalue weighted by molar-refractivity contribution is 0.773. The van der Waals surface area contributed by atoms with Crippen LogP contribution in [0.25, 0.3) is 0 Å². The van der Waals surface area contributed by atoms with Crippen molar-refractivity contribution in [3.8, 4) is 0 Å². The van der Waals surface area contributed by atoms with Crippen LogP contribution in [0.1, 0.15) is 18.5 Å². The molecule has 0 saturated carbocycles. The van der Waals surface area contributed by atoms with Gasteiger partial charge < -0.3 is 5.32 Å². The molecule has 1 aliphatic heterocycles. The molecule has 3 heteroatoms. The van der Waals surface area contributed by atoms with E-state index in [1.807, 2.05) is 6.20 Å². The zero-order valence-electron chi connectivity index (χ0n) is 6.38. The van der Waals surface area contributed by atoms with E-state index in [4.69, 9.17) is 0 Å². The predicted molar refractivity (Wildman–Crippen MR) is 43.5 cm³/mol. The average molecular weight is 149 g/mol. The van der Waals surface area contributed by atoms with Crippen molar-refractivity contribution in [2.45, 2.75) is 19.3 Å². The number of aromatic nitrogens is 2. The third-order valence-corrected chi connectivity index (χ3v) is 1.95. The molecular weight excluding hydrogens is 138 g/mol. The summed E-state index contributed by atoms with van der Waals surface area (Å²) in [6, 6.07) is 0. The first-order valence-corrected chi connectivity index (χ1v) is 3.99. The summed E-state index contributed by atoms with van der Waals surface area (Å²) in [5, 5.41) is 3.30. The molecule has 11 heavy (non-hydrogen) atoms. The Labute approximate surface area is 65.9 Å². The van der Waals surface area contributed by atoms with Gasteiger partial charge in [0.2, 0.25) is 0 Å². The second-order valence-corrected chi connectivity index (χ2v) is 2.77. The van der Waals surface area contributed by atoms with Gasteiger partial charge in [0.25, 0.3) is 0 Å². The van der Waals surface area contributed by atoms with Crippen LogP contribution in [-0.4, -0.2) is 16.5 Å². The maximum Gasteiger partial charge on any atom is 0.115 e. The Hall–Kier alpha value is -1.12. The van der Waals surface area contributed by atoms with E-state index in [1.54, 1.807) is 6.33 Å². The van der Waals surface area contributed by atoms with E-state index in [9.17, 15) is 0 Å². The molecule has 0 spiro atoms. The largest absolute Gasteiger partial charge is 0.382 e. The maximum absolute atomic E-state index is 4.21. The minimum absolute atomic E-state index is 1.06. The van der Waals surface area contributed by atoms with E-state index in [-0.39, 0.29) is 0 Å². The molecule has 58 valence electrons. The second kappa shape index (κ2) is 2.86. The molecule has 1 N–H and O–H groups in total. The predicted octanol–water partition coefficient (Wildman–Crippen LogP) is 1.22. The quantitative estimate of drug-likeness (QED) is 0.602. The Bertz CT molecular complexity index is 222. The number of anilines is 1. The zero-order chi connectivity index (χ0) is 7.52. The summed E-state index contributed by atoms with van der Waals surface area (Å²) in [7, 11) is 0. The average Bonchev–Trinajstić information content (AvgIpc) is 2.28. The van der Waals surface area contributed by atoms with Gasteiger partial charge in [-0.05, 0) is 19.3 Å². The first-order chi connectivity index (χ1) is 5.47. The fraction of sp³-hybridized carbons (Fsp3) is 0.500. The number of aryl methyl sites for hydroxylation is 1. The molecule has 0 bridgehead atoms. The molecule has 3 nitrogen and oxygen atoms in total. The molecule has 1 aliphatic rings. The van der Waals surface area contributed by atoms with Gasteiger partial charge in [-0.15, -0.1) is 0 Å². The number of nitrogens with one attached hydrogen (secondary N) is 1.